The van der Waals surface area contributed by atoms with Gasteiger partial charge in [-0.25, -0.2) is 8.42 Å². The minimum atomic E-state index is -3.87. The Bertz CT molecular complexity index is 927. The van der Waals surface area contributed by atoms with Gasteiger partial charge in [0, 0.05) is 37.2 Å². The summed E-state index contributed by atoms with van der Waals surface area (Å²) in [6, 6.07) is 13.6. The fourth-order valence-corrected chi connectivity index (χ4v) is 4.72. The molecule has 0 spiro atoms. The molecule has 1 saturated heterocycles. The van der Waals surface area contributed by atoms with E-state index >= 15 is 0 Å². The topological polar surface area (TPSA) is 79.0 Å². The van der Waals surface area contributed by atoms with E-state index in [1.54, 1.807) is 17.0 Å². The molecular weight excluding hydrogens is 458 g/mol. The minimum Gasteiger partial charge on any atom is -0.497 e. The molecule has 0 radical (unpaired) electrons. The van der Waals surface area contributed by atoms with Gasteiger partial charge in [0.25, 0.3) is 0 Å². The van der Waals surface area contributed by atoms with E-state index in [0.717, 1.165) is 10.0 Å². The van der Waals surface area contributed by atoms with E-state index < -0.39 is 10.0 Å². The Hall–Kier alpha value is -1.94. The molecule has 29 heavy (non-hydrogen) atoms. The number of nitrogens with zero attached hydrogens (tertiary/aromatic N) is 2. The molecule has 9 heteroatoms. The number of halogens is 1. The molecule has 3 rings (SSSR count). The summed E-state index contributed by atoms with van der Waals surface area (Å²) in [5.74, 6) is 0.376. The van der Waals surface area contributed by atoms with Gasteiger partial charge in [0.05, 0.1) is 18.6 Å². The third kappa shape index (κ3) is 5.57. The monoisotopic (exact) mass is 481 g/mol. The Morgan fingerprint density at radius 3 is 2.31 bits per heavy atom. The van der Waals surface area contributed by atoms with Crippen molar-refractivity contribution in [3.8, 4) is 5.75 Å². The summed E-state index contributed by atoms with van der Waals surface area (Å²) in [6.45, 7) is 2.48. The highest BCUT2D eigenvalue weighted by Crippen LogP contribution is 2.22. The zero-order valence-electron chi connectivity index (χ0n) is 16.2. The highest BCUT2D eigenvalue weighted by atomic mass is 79.9. The van der Waals surface area contributed by atoms with Crippen molar-refractivity contribution in [1.29, 1.82) is 0 Å². The van der Waals surface area contributed by atoms with E-state index in [-0.39, 0.29) is 23.9 Å². The van der Waals surface area contributed by atoms with Gasteiger partial charge in [-0.15, -0.1) is 0 Å². The van der Waals surface area contributed by atoms with Crippen LogP contribution in [-0.4, -0.2) is 63.4 Å². The van der Waals surface area contributed by atoms with E-state index in [0.29, 0.717) is 31.9 Å². The number of nitrogens with one attached hydrogen (secondary N) is 1. The first kappa shape index (κ1) is 21.8. The first-order chi connectivity index (χ1) is 13.9. The normalized spacial score (nSPS) is 14.8. The molecule has 0 bridgehead atoms. The van der Waals surface area contributed by atoms with Gasteiger partial charge in [-0.1, -0.05) is 28.1 Å². The van der Waals surface area contributed by atoms with Crippen LogP contribution in [0.5, 0.6) is 5.75 Å². The Labute approximate surface area is 179 Å². The molecule has 1 heterocycles. The van der Waals surface area contributed by atoms with Crippen molar-refractivity contribution in [2.24, 2.45) is 0 Å². The molecule has 0 saturated carbocycles. The van der Waals surface area contributed by atoms with Crippen LogP contribution in [0.25, 0.3) is 0 Å². The Morgan fingerprint density at radius 2 is 1.72 bits per heavy atom. The van der Waals surface area contributed by atoms with E-state index in [1.165, 1.54) is 23.5 Å². The molecule has 1 fully saturated rings. The van der Waals surface area contributed by atoms with Gasteiger partial charge in [-0.05, 0) is 42.0 Å². The zero-order chi connectivity index (χ0) is 20.9. The standard InChI is InChI=1S/C20H24BrN3O4S/c1-28-18-6-8-19(9-7-18)29(26,27)24(14-16-2-4-17(21)5-3-16)15-20(25)23-12-10-22-11-13-23/h2-9,22H,10-15H2,1H3. The SMILES string of the molecule is COc1ccc(S(=O)(=O)N(CC(=O)N2CCNCC2)Cc2ccc(Br)cc2)cc1. The summed E-state index contributed by atoms with van der Waals surface area (Å²) in [4.78, 5) is 14.6. The molecule has 2 aromatic rings. The van der Waals surface area contributed by atoms with Crippen LogP contribution in [0.3, 0.4) is 0 Å². The highest BCUT2D eigenvalue weighted by molar-refractivity contribution is 9.10. The van der Waals surface area contributed by atoms with E-state index in [1.807, 2.05) is 24.3 Å². The van der Waals surface area contributed by atoms with Gasteiger partial charge in [0.1, 0.15) is 5.75 Å². The number of benzene rings is 2. The third-order valence-electron chi connectivity index (χ3n) is 4.75. The van der Waals surface area contributed by atoms with Gasteiger partial charge in [0.15, 0.2) is 0 Å². The van der Waals surface area contributed by atoms with Crippen molar-refractivity contribution >= 4 is 31.9 Å². The lowest BCUT2D eigenvalue weighted by molar-refractivity contribution is -0.132. The van der Waals surface area contributed by atoms with Crippen LogP contribution in [0, 0.1) is 0 Å². The molecule has 1 amide bonds. The first-order valence-electron chi connectivity index (χ1n) is 9.27. The lowest BCUT2D eigenvalue weighted by Gasteiger charge is -2.30. The second kappa shape index (κ2) is 9.71. The highest BCUT2D eigenvalue weighted by Gasteiger charge is 2.29. The van der Waals surface area contributed by atoms with Gasteiger partial charge in [-0.3, -0.25) is 4.79 Å². The Morgan fingerprint density at radius 1 is 1.10 bits per heavy atom. The van der Waals surface area contributed by atoms with Crippen molar-refractivity contribution in [1.82, 2.24) is 14.5 Å². The Kier molecular flexibility index (Phi) is 7.28. The van der Waals surface area contributed by atoms with Crippen molar-refractivity contribution in [3.05, 3.63) is 58.6 Å². The maximum Gasteiger partial charge on any atom is 0.243 e. The van der Waals surface area contributed by atoms with E-state index in [2.05, 4.69) is 21.2 Å². The Balaban J connectivity index is 1.87. The molecule has 0 aliphatic carbocycles. The maximum atomic E-state index is 13.3. The molecular formula is C20H24BrN3O4S. The molecule has 0 atom stereocenters. The van der Waals surface area contributed by atoms with Crippen molar-refractivity contribution in [2.45, 2.75) is 11.4 Å². The average Bonchev–Trinajstić information content (AvgIpc) is 2.75. The van der Waals surface area contributed by atoms with Crippen LogP contribution in [0.4, 0.5) is 0 Å². The van der Waals surface area contributed by atoms with Crippen LogP contribution in [-0.2, 0) is 21.4 Å². The summed E-state index contributed by atoms with van der Waals surface area (Å²) < 4.78 is 33.9. The number of hydrogen-bond donors (Lipinski definition) is 1. The van der Waals surface area contributed by atoms with Crippen LogP contribution in [0.1, 0.15) is 5.56 Å². The number of methoxy groups -OCH3 is 1. The minimum absolute atomic E-state index is 0.111. The molecule has 7 nitrogen and oxygen atoms in total. The largest absolute Gasteiger partial charge is 0.497 e. The fourth-order valence-electron chi connectivity index (χ4n) is 3.08. The smallest absolute Gasteiger partial charge is 0.243 e. The fraction of sp³-hybridized carbons (Fsp3) is 0.350. The predicted octanol–water partition coefficient (Wildman–Crippen LogP) is 2.08. The molecule has 0 aromatic heterocycles. The molecule has 156 valence electrons. The van der Waals surface area contributed by atoms with Gasteiger partial charge in [-0.2, -0.15) is 4.31 Å². The maximum absolute atomic E-state index is 13.3. The van der Waals surface area contributed by atoms with Gasteiger partial charge >= 0.3 is 0 Å². The van der Waals surface area contributed by atoms with Crippen LogP contribution in [0.15, 0.2) is 57.9 Å². The number of ether oxygens (including phenoxy) is 1. The van der Waals surface area contributed by atoms with Crippen molar-refractivity contribution in [2.75, 3.05) is 39.8 Å². The average molecular weight is 482 g/mol. The first-order valence-corrected chi connectivity index (χ1v) is 11.5. The summed E-state index contributed by atoms with van der Waals surface area (Å²) >= 11 is 3.38. The van der Waals surface area contributed by atoms with Crippen LogP contribution >= 0.6 is 15.9 Å². The van der Waals surface area contributed by atoms with Crippen molar-refractivity contribution in [3.63, 3.8) is 0 Å². The molecule has 1 aliphatic heterocycles. The second-order valence-electron chi connectivity index (χ2n) is 6.71. The molecule has 0 unspecified atom stereocenters. The number of carbonyl (C=O) groups excluding carboxylic acids is 1. The second-order valence-corrected chi connectivity index (χ2v) is 9.56. The predicted molar refractivity (Wildman–Crippen MR) is 114 cm³/mol. The number of hydrogen-bond acceptors (Lipinski definition) is 5. The van der Waals surface area contributed by atoms with Gasteiger partial charge in [0.2, 0.25) is 15.9 Å². The molecule has 1 N–H and O–H groups in total. The third-order valence-corrected chi connectivity index (χ3v) is 7.09. The lowest BCUT2D eigenvalue weighted by atomic mass is 10.2. The van der Waals surface area contributed by atoms with Gasteiger partial charge < -0.3 is 15.0 Å². The zero-order valence-corrected chi connectivity index (χ0v) is 18.6. The van der Waals surface area contributed by atoms with E-state index in [4.69, 9.17) is 4.74 Å². The molecule has 2 aromatic carbocycles. The number of rotatable bonds is 7. The summed E-state index contributed by atoms with van der Waals surface area (Å²) in [7, 11) is -2.34. The summed E-state index contributed by atoms with van der Waals surface area (Å²) in [6.07, 6.45) is 0. The lowest BCUT2D eigenvalue weighted by Crippen LogP contribution is -2.50. The number of amides is 1. The number of piperazine rings is 1. The van der Waals surface area contributed by atoms with Crippen LogP contribution < -0.4 is 10.1 Å². The quantitative estimate of drug-likeness (QED) is 0.654. The summed E-state index contributed by atoms with van der Waals surface area (Å²) in [5.41, 5.74) is 0.804. The van der Waals surface area contributed by atoms with E-state index in [9.17, 15) is 13.2 Å². The van der Waals surface area contributed by atoms with Crippen molar-refractivity contribution < 1.29 is 17.9 Å². The number of sulfonamides is 1. The molecule has 1 aliphatic rings. The summed E-state index contributed by atoms with van der Waals surface area (Å²) in [5, 5.41) is 3.19. The number of carbonyl (C=O) groups is 1. The van der Waals surface area contributed by atoms with Crippen LogP contribution in [0.2, 0.25) is 0 Å².